The molecule has 0 unspecified atom stereocenters. The molecule has 4 rings (SSSR count). The van der Waals surface area contributed by atoms with Gasteiger partial charge in [0, 0.05) is 5.69 Å². The predicted molar refractivity (Wildman–Crippen MR) is 145 cm³/mol. The van der Waals surface area contributed by atoms with Crippen LogP contribution in [-0.4, -0.2) is 11.4 Å². The largest absolute Gasteiger partial charge is 0.487 e. The molecule has 0 spiro atoms. The highest BCUT2D eigenvalue weighted by Crippen LogP contribution is 2.35. The minimum Gasteiger partial charge on any atom is -0.487 e. The second-order valence-corrected chi connectivity index (χ2v) is 10.4. The normalized spacial score (nSPS) is 16.8. The number of halogens is 2. The minimum absolute atomic E-state index is 0.0757. The van der Waals surface area contributed by atoms with Crippen molar-refractivity contribution in [1.29, 1.82) is 0 Å². The predicted octanol–water partition coefficient (Wildman–Crippen LogP) is 6.79. The average Bonchev–Trinajstić information content (AvgIpc) is 3.12. The Kier molecular flexibility index (Phi) is 7.80. The van der Waals surface area contributed by atoms with E-state index in [-0.39, 0.29) is 11.4 Å². The lowest BCUT2D eigenvalue weighted by atomic mass is 10.1. The molecule has 0 radical (unpaired) electrons. The van der Waals surface area contributed by atoms with E-state index >= 15 is 0 Å². The van der Waals surface area contributed by atoms with Crippen molar-refractivity contribution in [2.24, 2.45) is 0 Å². The van der Waals surface area contributed by atoms with Crippen LogP contribution in [0.1, 0.15) is 23.6 Å². The van der Waals surface area contributed by atoms with E-state index in [0.717, 1.165) is 37.0 Å². The Bertz CT molecular complexity index is 1110. The van der Waals surface area contributed by atoms with Crippen LogP contribution in [0.25, 0.3) is 6.08 Å². The Labute approximate surface area is 214 Å². The number of hydrogen-bond donors (Lipinski definition) is 2. The van der Waals surface area contributed by atoms with Gasteiger partial charge in [-0.1, -0.05) is 61.2 Å². The first-order valence-corrected chi connectivity index (χ1v) is 13.0. The monoisotopic (exact) mass is 620 g/mol. The number of nitrogens with one attached hydrogen (secondary N) is 2. The van der Waals surface area contributed by atoms with Crippen molar-refractivity contribution in [2.75, 3.05) is 5.32 Å². The molecule has 0 aromatic heterocycles. The van der Waals surface area contributed by atoms with Gasteiger partial charge in [-0.15, -0.1) is 0 Å². The summed E-state index contributed by atoms with van der Waals surface area (Å²) in [5.74, 6) is 0.725. The van der Waals surface area contributed by atoms with Crippen LogP contribution in [0.2, 0.25) is 0 Å². The fourth-order valence-corrected chi connectivity index (χ4v) is 5.99. The molecule has 164 valence electrons. The van der Waals surface area contributed by atoms with E-state index in [0.29, 0.717) is 11.5 Å². The van der Waals surface area contributed by atoms with Crippen molar-refractivity contribution in [3.05, 3.63) is 96.4 Å². The third-order valence-electron chi connectivity index (χ3n) is 4.94. The van der Waals surface area contributed by atoms with Gasteiger partial charge >= 0.3 is 0 Å². The summed E-state index contributed by atoms with van der Waals surface area (Å²) in [6, 6.07) is 22.4. The molecule has 1 heterocycles. The smallest absolute Gasteiger partial charge is 0.260 e. The van der Waals surface area contributed by atoms with Gasteiger partial charge in [-0.25, -0.2) is 0 Å². The number of rotatable bonds is 7. The number of carbonyl (C=O) groups excluding carboxylic acids is 1. The van der Waals surface area contributed by atoms with Crippen molar-refractivity contribution >= 4 is 68.0 Å². The Balaban J connectivity index is 1.44. The van der Waals surface area contributed by atoms with Crippen molar-refractivity contribution in [3.8, 4) is 5.75 Å². The molecule has 0 aliphatic carbocycles. The van der Waals surface area contributed by atoms with Crippen LogP contribution in [0.15, 0.2) is 76.1 Å². The second kappa shape index (κ2) is 10.8. The number of benzene rings is 3. The highest BCUT2D eigenvalue weighted by molar-refractivity contribution is 14.1. The van der Waals surface area contributed by atoms with E-state index in [1.807, 2.05) is 60.7 Å². The van der Waals surface area contributed by atoms with Gasteiger partial charge in [-0.2, -0.15) is 0 Å². The van der Waals surface area contributed by atoms with Gasteiger partial charge < -0.3 is 15.4 Å². The molecule has 1 aliphatic heterocycles. The van der Waals surface area contributed by atoms with Crippen molar-refractivity contribution in [3.63, 3.8) is 0 Å². The van der Waals surface area contributed by atoms with E-state index in [2.05, 4.69) is 68.2 Å². The zero-order chi connectivity index (χ0) is 22.5. The molecular weight excluding hydrogens is 599 g/mol. The first kappa shape index (κ1) is 23.2. The summed E-state index contributed by atoms with van der Waals surface area (Å²) in [4.78, 5) is 13.2. The molecular formula is C25H22BrIN2O2S. The SMILES string of the molecule is CCc1ccc(N[C@@H]2NC(=O)/C(=C/c3cc(Br)c(OCc4ccccc4)c(I)c3)S2)cc1. The van der Waals surface area contributed by atoms with Crippen LogP contribution in [0.3, 0.4) is 0 Å². The topological polar surface area (TPSA) is 50.4 Å². The third-order valence-corrected chi connectivity index (χ3v) is 7.35. The summed E-state index contributed by atoms with van der Waals surface area (Å²) >= 11 is 7.37. The summed E-state index contributed by atoms with van der Waals surface area (Å²) in [6.45, 7) is 2.63. The molecule has 0 saturated carbocycles. The Morgan fingerprint density at radius 3 is 2.56 bits per heavy atom. The number of thioether (sulfide) groups is 1. The van der Waals surface area contributed by atoms with Gasteiger partial charge in [0.15, 0.2) is 5.50 Å². The fraction of sp³-hybridized carbons (Fsp3) is 0.160. The van der Waals surface area contributed by atoms with Gasteiger partial charge in [-0.3, -0.25) is 4.79 Å². The Morgan fingerprint density at radius 2 is 1.88 bits per heavy atom. The molecule has 7 heteroatoms. The van der Waals surface area contributed by atoms with Crippen LogP contribution in [0.4, 0.5) is 5.69 Å². The number of hydrogen-bond acceptors (Lipinski definition) is 4. The molecule has 32 heavy (non-hydrogen) atoms. The summed E-state index contributed by atoms with van der Waals surface area (Å²) < 4.78 is 7.87. The third kappa shape index (κ3) is 5.88. The summed E-state index contributed by atoms with van der Waals surface area (Å²) in [5, 5.41) is 6.35. The lowest BCUT2D eigenvalue weighted by molar-refractivity contribution is -0.116. The van der Waals surface area contributed by atoms with Crippen LogP contribution in [-0.2, 0) is 17.8 Å². The minimum atomic E-state index is -0.197. The summed E-state index contributed by atoms with van der Waals surface area (Å²) in [6.07, 6.45) is 2.92. The van der Waals surface area contributed by atoms with Crippen LogP contribution in [0.5, 0.6) is 5.75 Å². The number of ether oxygens (including phenoxy) is 1. The molecule has 1 amide bonds. The van der Waals surface area contributed by atoms with E-state index in [1.54, 1.807) is 0 Å². The lowest BCUT2D eigenvalue weighted by Gasteiger charge is -2.13. The van der Waals surface area contributed by atoms with Crippen LogP contribution >= 0.6 is 50.3 Å². The maximum absolute atomic E-state index is 12.5. The fourth-order valence-electron chi connectivity index (χ4n) is 3.24. The molecule has 2 N–H and O–H groups in total. The van der Waals surface area contributed by atoms with E-state index in [9.17, 15) is 4.79 Å². The second-order valence-electron chi connectivity index (χ2n) is 7.26. The van der Waals surface area contributed by atoms with Crippen molar-refractivity contribution < 1.29 is 9.53 Å². The molecule has 1 atom stereocenters. The molecule has 1 aliphatic rings. The summed E-state index contributed by atoms with van der Waals surface area (Å²) in [7, 11) is 0. The molecule has 1 fully saturated rings. The first-order valence-electron chi connectivity index (χ1n) is 10.2. The highest BCUT2D eigenvalue weighted by Gasteiger charge is 2.27. The molecule has 1 saturated heterocycles. The maximum Gasteiger partial charge on any atom is 0.260 e. The van der Waals surface area contributed by atoms with Gasteiger partial charge in [0.25, 0.3) is 5.91 Å². The van der Waals surface area contributed by atoms with Crippen LogP contribution in [0, 0.1) is 3.57 Å². The van der Waals surface area contributed by atoms with Crippen LogP contribution < -0.4 is 15.4 Å². The van der Waals surface area contributed by atoms with Crippen molar-refractivity contribution in [1.82, 2.24) is 5.32 Å². The van der Waals surface area contributed by atoms with E-state index in [1.165, 1.54) is 17.3 Å². The van der Waals surface area contributed by atoms with Gasteiger partial charge in [0.2, 0.25) is 0 Å². The number of amides is 1. The molecule has 3 aromatic rings. The Morgan fingerprint density at radius 1 is 1.12 bits per heavy atom. The molecule has 0 bridgehead atoms. The van der Waals surface area contributed by atoms with Crippen molar-refractivity contribution in [2.45, 2.75) is 25.4 Å². The van der Waals surface area contributed by atoms with E-state index in [4.69, 9.17) is 4.74 Å². The number of anilines is 1. The lowest BCUT2D eigenvalue weighted by Crippen LogP contribution is -2.30. The zero-order valence-corrected chi connectivity index (χ0v) is 22.0. The van der Waals surface area contributed by atoms with E-state index < -0.39 is 0 Å². The van der Waals surface area contributed by atoms with Gasteiger partial charge in [-0.05, 0) is 92.0 Å². The maximum atomic E-state index is 12.5. The highest BCUT2D eigenvalue weighted by atomic mass is 127. The standard InChI is InChI=1S/C25H22BrIN2O2S/c1-2-16-8-10-19(11-9-16)28-25-29-24(30)22(32-25)14-18-12-20(26)23(21(27)13-18)31-15-17-6-4-3-5-7-17/h3-14,25,28H,2,15H2,1H3,(H,29,30)/b22-14-/t25-/m1/s1. The zero-order valence-electron chi connectivity index (χ0n) is 17.4. The first-order chi connectivity index (χ1) is 15.5. The van der Waals surface area contributed by atoms with Gasteiger partial charge in [0.1, 0.15) is 12.4 Å². The average molecular weight is 621 g/mol. The van der Waals surface area contributed by atoms with Gasteiger partial charge in [0.05, 0.1) is 12.9 Å². The summed E-state index contributed by atoms with van der Waals surface area (Å²) in [5.41, 5.74) is 4.13. The number of aryl methyl sites for hydroxylation is 1. The number of carbonyl (C=O) groups is 1. The quantitative estimate of drug-likeness (QED) is 0.225. The molecule has 3 aromatic carbocycles. The molecule has 4 nitrogen and oxygen atoms in total. The Hall–Kier alpha value is -1.97.